The van der Waals surface area contributed by atoms with E-state index >= 15 is 0 Å². The molecular weight excluding hydrogens is 295 g/mol. The van der Waals surface area contributed by atoms with Crippen molar-refractivity contribution in [3.05, 3.63) is 53.8 Å². The van der Waals surface area contributed by atoms with Crippen molar-refractivity contribution in [2.45, 2.75) is 11.4 Å². The van der Waals surface area contributed by atoms with Gasteiger partial charge in [-0.1, -0.05) is 18.2 Å². The van der Waals surface area contributed by atoms with Gasteiger partial charge in [0.1, 0.15) is 11.6 Å². The monoisotopic (exact) mass is 310 g/mol. The Balaban J connectivity index is 2.20. The van der Waals surface area contributed by atoms with Crippen LogP contribution in [-0.4, -0.2) is 15.5 Å². The molecule has 5 nitrogen and oxygen atoms in total. The van der Waals surface area contributed by atoms with Gasteiger partial charge in [0.05, 0.1) is 17.7 Å². The van der Waals surface area contributed by atoms with Crippen LogP contribution in [0.3, 0.4) is 0 Å². The number of sulfonamides is 1. The number of halogens is 1. The van der Waals surface area contributed by atoms with E-state index in [1.807, 2.05) is 0 Å². The van der Waals surface area contributed by atoms with Crippen LogP contribution in [-0.2, 0) is 16.6 Å². The Morgan fingerprint density at radius 3 is 2.62 bits per heavy atom. The Morgan fingerprint density at radius 1 is 1.24 bits per heavy atom. The third-order valence-corrected chi connectivity index (χ3v) is 4.33. The molecule has 0 saturated carbocycles. The van der Waals surface area contributed by atoms with Crippen molar-refractivity contribution in [2.75, 3.05) is 12.8 Å². The van der Waals surface area contributed by atoms with E-state index in [9.17, 15) is 12.8 Å². The molecule has 2 rings (SSSR count). The lowest BCUT2D eigenvalue weighted by Gasteiger charge is -2.10. The van der Waals surface area contributed by atoms with Crippen molar-refractivity contribution in [1.82, 2.24) is 4.72 Å². The Labute approximate surface area is 122 Å². The maximum atomic E-state index is 13.4. The van der Waals surface area contributed by atoms with Crippen LogP contribution in [0.4, 0.5) is 10.1 Å². The topological polar surface area (TPSA) is 81.4 Å². The molecule has 3 N–H and O–H groups in total. The average molecular weight is 310 g/mol. The number of methoxy groups -OCH3 is 1. The van der Waals surface area contributed by atoms with E-state index in [2.05, 4.69) is 4.72 Å². The normalized spacial score (nSPS) is 11.3. The number of nitrogens with one attached hydrogen (secondary N) is 1. The van der Waals surface area contributed by atoms with E-state index in [0.717, 1.165) is 6.07 Å². The summed E-state index contributed by atoms with van der Waals surface area (Å²) in [4.78, 5) is -0.177. The van der Waals surface area contributed by atoms with Crippen molar-refractivity contribution in [3.63, 3.8) is 0 Å². The summed E-state index contributed by atoms with van der Waals surface area (Å²) in [5.74, 6) is -0.196. The maximum absolute atomic E-state index is 13.4. The molecule has 7 heteroatoms. The number of ether oxygens (including phenoxy) is 1. The van der Waals surface area contributed by atoms with Crippen LogP contribution in [0.1, 0.15) is 5.56 Å². The molecule has 0 aliphatic rings. The predicted molar refractivity (Wildman–Crippen MR) is 77.8 cm³/mol. The Bertz CT molecular complexity index is 748. The summed E-state index contributed by atoms with van der Waals surface area (Å²) >= 11 is 0. The van der Waals surface area contributed by atoms with Crippen molar-refractivity contribution in [3.8, 4) is 5.75 Å². The molecule has 0 bridgehead atoms. The lowest BCUT2D eigenvalue weighted by molar-refractivity contribution is 0.409. The van der Waals surface area contributed by atoms with Gasteiger partial charge in [0, 0.05) is 12.1 Å². The van der Waals surface area contributed by atoms with E-state index in [0.29, 0.717) is 11.3 Å². The standard InChI is InChI=1S/C14H15FN2O3S/c1-20-14-5-3-2-4-10(14)9-17-21(18,19)11-6-7-13(16)12(15)8-11/h2-8,17H,9,16H2,1H3. The SMILES string of the molecule is COc1ccccc1CNS(=O)(=O)c1ccc(N)c(F)c1. The van der Waals surface area contributed by atoms with Crippen LogP contribution in [0.25, 0.3) is 0 Å². The molecule has 0 radical (unpaired) electrons. The molecule has 0 unspecified atom stereocenters. The van der Waals surface area contributed by atoms with Gasteiger partial charge >= 0.3 is 0 Å². The van der Waals surface area contributed by atoms with Gasteiger partial charge in [-0.2, -0.15) is 0 Å². The fraction of sp³-hybridized carbons (Fsp3) is 0.143. The summed E-state index contributed by atoms with van der Waals surface area (Å²) in [6.45, 7) is 0.0400. The highest BCUT2D eigenvalue weighted by atomic mass is 32.2. The predicted octanol–water partition coefficient (Wildman–Crippen LogP) is 1.90. The van der Waals surface area contributed by atoms with Crippen molar-refractivity contribution >= 4 is 15.7 Å². The number of nitrogens with two attached hydrogens (primary N) is 1. The van der Waals surface area contributed by atoms with Gasteiger partial charge in [-0.3, -0.25) is 0 Å². The van der Waals surface area contributed by atoms with Crippen LogP contribution in [0, 0.1) is 5.82 Å². The number of benzene rings is 2. The molecule has 0 aliphatic carbocycles. The largest absolute Gasteiger partial charge is 0.496 e. The molecule has 112 valence electrons. The fourth-order valence-electron chi connectivity index (χ4n) is 1.78. The number of para-hydroxylation sites is 1. The number of hydrogen-bond acceptors (Lipinski definition) is 4. The van der Waals surface area contributed by atoms with Gasteiger partial charge < -0.3 is 10.5 Å². The smallest absolute Gasteiger partial charge is 0.240 e. The Hall–Kier alpha value is -2.12. The highest BCUT2D eigenvalue weighted by Gasteiger charge is 2.16. The van der Waals surface area contributed by atoms with Crippen molar-refractivity contribution in [2.24, 2.45) is 0 Å². The molecule has 0 saturated heterocycles. The van der Waals surface area contributed by atoms with E-state index < -0.39 is 15.8 Å². The summed E-state index contributed by atoms with van der Waals surface area (Å²) in [6.07, 6.45) is 0. The highest BCUT2D eigenvalue weighted by Crippen LogP contribution is 2.19. The minimum Gasteiger partial charge on any atom is -0.496 e. The van der Waals surface area contributed by atoms with Gasteiger partial charge in [0.15, 0.2) is 0 Å². The minimum atomic E-state index is -3.82. The molecule has 0 amide bonds. The Morgan fingerprint density at radius 2 is 1.95 bits per heavy atom. The molecule has 0 aliphatic heterocycles. The number of rotatable bonds is 5. The second kappa shape index (κ2) is 6.11. The van der Waals surface area contributed by atoms with Crippen LogP contribution in [0.15, 0.2) is 47.4 Å². The zero-order chi connectivity index (χ0) is 15.5. The first-order valence-electron chi connectivity index (χ1n) is 6.10. The molecule has 0 aromatic heterocycles. The van der Waals surface area contributed by atoms with Gasteiger partial charge in [-0.15, -0.1) is 0 Å². The van der Waals surface area contributed by atoms with E-state index in [1.54, 1.807) is 24.3 Å². The first kappa shape index (κ1) is 15.3. The van der Waals surface area contributed by atoms with Gasteiger partial charge in [0.2, 0.25) is 10.0 Å². The summed E-state index contributed by atoms with van der Waals surface area (Å²) in [5.41, 5.74) is 5.91. The number of hydrogen-bond donors (Lipinski definition) is 2. The average Bonchev–Trinajstić information content (AvgIpc) is 2.48. The Kier molecular flexibility index (Phi) is 4.44. The molecule has 2 aromatic rings. The molecule has 0 fully saturated rings. The van der Waals surface area contributed by atoms with Gasteiger partial charge in [-0.05, 0) is 24.3 Å². The lowest BCUT2D eigenvalue weighted by atomic mass is 10.2. The molecule has 2 aromatic carbocycles. The van der Waals surface area contributed by atoms with E-state index in [1.165, 1.54) is 19.2 Å². The third kappa shape index (κ3) is 3.50. The molecular formula is C14H15FN2O3S. The fourth-order valence-corrected chi connectivity index (χ4v) is 2.80. The summed E-state index contributed by atoms with van der Waals surface area (Å²) in [7, 11) is -2.32. The first-order chi connectivity index (χ1) is 9.94. The second-order valence-corrected chi connectivity index (χ2v) is 6.09. The maximum Gasteiger partial charge on any atom is 0.240 e. The van der Waals surface area contributed by atoms with Gasteiger partial charge in [0.25, 0.3) is 0 Å². The highest BCUT2D eigenvalue weighted by molar-refractivity contribution is 7.89. The quantitative estimate of drug-likeness (QED) is 0.826. The zero-order valence-electron chi connectivity index (χ0n) is 11.3. The summed E-state index contributed by atoms with van der Waals surface area (Å²) < 4.78 is 45.1. The van der Waals surface area contributed by atoms with Crippen LogP contribution < -0.4 is 15.2 Å². The van der Waals surface area contributed by atoms with Crippen LogP contribution in [0.2, 0.25) is 0 Å². The molecule has 0 heterocycles. The zero-order valence-corrected chi connectivity index (χ0v) is 12.2. The van der Waals surface area contributed by atoms with Crippen LogP contribution in [0.5, 0.6) is 5.75 Å². The van der Waals surface area contributed by atoms with E-state index in [4.69, 9.17) is 10.5 Å². The van der Waals surface area contributed by atoms with Crippen molar-refractivity contribution in [1.29, 1.82) is 0 Å². The van der Waals surface area contributed by atoms with Crippen molar-refractivity contribution < 1.29 is 17.5 Å². The second-order valence-electron chi connectivity index (χ2n) is 4.32. The first-order valence-corrected chi connectivity index (χ1v) is 7.59. The molecule has 0 atom stereocenters. The molecule has 21 heavy (non-hydrogen) atoms. The third-order valence-electron chi connectivity index (χ3n) is 2.93. The summed E-state index contributed by atoms with van der Waals surface area (Å²) in [5, 5.41) is 0. The number of nitrogen functional groups attached to an aromatic ring is 1. The van der Waals surface area contributed by atoms with Crippen LogP contribution >= 0.6 is 0 Å². The van der Waals surface area contributed by atoms with Gasteiger partial charge in [-0.25, -0.2) is 17.5 Å². The lowest BCUT2D eigenvalue weighted by Crippen LogP contribution is -2.23. The summed E-state index contributed by atoms with van der Waals surface area (Å²) in [6, 6.07) is 10.4. The minimum absolute atomic E-state index is 0.0400. The van der Waals surface area contributed by atoms with E-state index in [-0.39, 0.29) is 17.1 Å². The number of anilines is 1. The molecule has 0 spiro atoms.